The molecule has 3 rings (SSSR count). The van der Waals surface area contributed by atoms with E-state index in [4.69, 9.17) is 11.6 Å². The highest BCUT2D eigenvalue weighted by molar-refractivity contribution is 7.14. The van der Waals surface area contributed by atoms with Crippen LogP contribution in [0.15, 0.2) is 54.6 Å². The normalized spacial score (nSPS) is 10.6. The molecule has 1 aromatic heterocycles. The number of thiophene rings is 1. The summed E-state index contributed by atoms with van der Waals surface area (Å²) in [7, 11) is 0. The van der Waals surface area contributed by atoms with Crippen LogP contribution < -0.4 is 5.32 Å². The molecule has 116 valence electrons. The molecule has 0 bridgehead atoms. The number of carbonyl (C=O) groups is 1. The van der Waals surface area contributed by atoms with Crippen LogP contribution in [-0.2, 0) is 0 Å². The van der Waals surface area contributed by atoms with Crippen molar-refractivity contribution in [2.24, 2.45) is 0 Å². The summed E-state index contributed by atoms with van der Waals surface area (Å²) in [6.45, 7) is 4.03. The lowest BCUT2D eigenvalue weighted by molar-refractivity contribution is 0.104. The zero-order chi connectivity index (χ0) is 16.4. The highest BCUT2D eigenvalue weighted by Gasteiger charge is 2.15. The SMILES string of the molecule is Cc1ccc(C(=O)c2ccc(Nc3ccccc3C)cc2Cl)s1. The predicted octanol–water partition coefficient (Wildman–Crippen LogP) is 5.99. The van der Waals surface area contributed by atoms with Gasteiger partial charge < -0.3 is 5.32 Å². The first kappa shape index (κ1) is 15.8. The number of nitrogens with one attached hydrogen (secondary N) is 1. The van der Waals surface area contributed by atoms with Crippen LogP contribution >= 0.6 is 22.9 Å². The number of para-hydroxylation sites is 1. The first-order chi connectivity index (χ1) is 11.0. The van der Waals surface area contributed by atoms with Gasteiger partial charge in [0, 0.05) is 21.8 Å². The summed E-state index contributed by atoms with van der Waals surface area (Å²) >= 11 is 7.82. The van der Waals surface area contributed by atoms with Gasteiger partial charge >= 0.3 is 0 Å². The molecular weight excluding hydrogens is 326 g/mol. The summed E-state index contributed by atoms with van der Waals surface area (Å²) in [6.07, 6.45) is 0. The van der Waals surface area contributed by atoms with E-state index in [9.17, 15) is 4.79 Å². The summed E-state index contributed by atoms with van der Waals surface area (Å²) < 4.78 is 0. The summed E-state index contributed by atoms with van der Waals surface area (Å²) in [4.78, 5) is 14.3. The number of ketones is 1. The fourth-order valence-electron chi connectivity index (χ4n) is 2.33. The third-order valence-electron chi connectivity index (χ3n) is 3.60. The fourth-order valence-corrected chi connectivity index (χ4v) is 3.42. The molecule has 0 fully saturated rings. The standard InChI is InChI=1S/C19H16ClNOS/c1-12-5-3-4-6-17(12)21-14-8-9-15(16(20)11-14)19(22)18-10-7-13(2)23-18/h3-11,21H,1-2H3. The minimum Gasteiger partial charge on any atom is -0.355 e. The molecule has 0 saturated heterocycles. The van der Waals surface area contributed by atoms with Crippen LogP contribution in [0.5, 0.6) is 0 Å². The molecule has 1 N–H and O–H groups in total. The van der Waals surface area contributed by atoms with Gasteiger partial charge in [-0.3, -0.25) is 4.79 Å². The van der Waals surface area contributed by atoms with Crippen molar-refractivity contribution in [3.05, 3.63) is 80.5 Å². The van der Waals surface area contributed by atoms with Gasteiger partial charge in [0.1, 0.15) is 0 Å². The Morgan fingerprint density at radius 1 is 1.04 bits per heavy atom. The van der Waals surface area contributed by atoms with Crippen LogP contribution in [0.3, 0.4) is 0 Å². The molecule has 2 aromatic carbocycles. The van der Waals surface area contributed by atoms with Crippen molar-refractivity contribution >= 4 is 40.1 Å². The van der Waals surface area contributed by atoms with Gasteiger partial charge in [-0.2, -0.15) is 0 Å². The highest BCUT2D eigenvalue weighted by atomic mass is 35.5. The van der Waals surface area contributed by atoms with E-state index in [1.54, 1.807) is 12.1 Å². The van der Waals surface area contributed by atoms with Gasteiger partial charge in [-0.05, 0) is 55.8 Å². The molecule has 0 amide bonds. The minimum absolute atomic E-state index is 0.0319. The van der Waals surface area contributed by atoms with Crippen LogP contribution in [-0.4, -0.2) is 5.78 Å². The number of anilines is 2. The summed E-state index contributed by atoms with van der Waals surface area (Å²) in [5, 5.41) is 3.79. The van der Waals surface area contributed by atoms with E-state index in [-0.39, 0.29) is 5.78 Å². The molecule has 0 spiro atoms. The molecule has 0 saturated carbocycles. The Morgan fingerprint density at radius 2 is 1.83 bits per heavy atom. The number of aryl methyl sites for hydroxylation is 2. The summed E-state index contributed by atoms with van der Waals surface area (Å²) in [5.74, 6) is -0.0319. The average molecular weight is 342 g/mol. The molecule has 3 aromatic rings. The third-order valence-corrected chi connectivity index (χ3v) is 4.91. The lowest BCUT2D eigenvalue weighted by atomic mass is 10.1. The maximum Gasteiger partial charge on any atom is 0.204 e. The van der Waals surface area contributed by atoms with Gasteiger partial charge in [-0.1, -0.05) is 29.8 Å². The van der Waals surface area contributed by atoms with Crippen LogP contribution in [0, 0.1) is 13.8 Å². The van der Waals surface area contributed by atoms with Crippen LogP contribution in [0.4, 0.5) is 11.4 Å². The van der Waals surface area contributed by atoms with E-state index < -0.39 is 0 Å². The maximum atomic E-state index is 12.5. The van der Waals surface area contributed by atoms with Gasteiger partial charge in [0.25, 0.3) is 0 Å². The van der Waals surface area contributed by atoms with E-state index in [0.29, 0.717) is 15.5 Å². The molecule has 4 heteroatoms. The van der Waals surface area contributed by atoms with E-state index in [0.717, 1.165) is 21.8 Å². The van der Waals surface area contributed by atoms with Gasteiger partial charge in [0.2, 0.25) is 5.78 Å². The Balaban J connectivity index is 1.86. The fraction of sp³-hybridized carbons (Fsp3) is 0.105. The lowest BCUT2D eigenvalue weighted by Gasteiger charge is -2.11. The van der Waals surface area contributed by atoms with Gasteiger partial charge in [-0.15, -0.1) is 11.3 Å². The Hall–Kier alpha value is -2.10. The molecule has 0 atom stereocenters. The topological polar surface area (TPSA) is 29.1 Å². The Labute approximate surface area is 144 Å². The predicted molar refractivity (Wildman–Crippen MR) is 98.4 cm³/mol. The van der Waals surface area contributed by atoms with E-state index in [1.165, 1.54) is 11.3 Å². The number of carbonyl (C=O) groups excluding carboxylic acids is 1. The number of halogens is 1. The molecule has 1 heterocycles. The van der Waals surface area contributed by atoms with Gasteiger partial charge in [0.05, 0.1) is 9.90 Å². The molecule has 0 aliphatic carbocycles. The summed E-state index contributed by atoms with van der Waals surface area (Å²) in [6, 6.07) is 17.3. The van der Waals surface area contributed by atoms with Crippen molar-refractivity contribution in [3.8, 4) is 0 Å². The minimum atomic E-state index is -0.0319. The lowest BCUT2D eigenvalue weighted by Crippen LogP contribution is -2.01. The van der Waals surface area contributed by atoms with Crippen molar-refractivity contribution < 1.29 is 4.79 Å². The van der Waals surface area contributed by atoms with E-state index >= 15 is 0 Å². The van der Waals surface area contributed by atoms with Crippen LogP contribution in [0.25, 0.3) is 0 Å². The molecule has 23 heavy (non-hydrogen) atoms. The molecule has 0 radical (unpaired) electrons. The van der Waals surface area contributed by atoms with Gasteiger partial charge in [-0.25, -0.2) is 0 Å². The molecule has 2 nitrogen and oxygen atoms in total. The van der Waals surface area contributed by atoms with Crippen molar-refractivity contribution in [1.29, 1.82) is 0 Å². The first-order valence-electron chi connectivity index (χ1n) is 7.28. The third kappa shape index (κ3) is 3.46. The van der Waals surface area contributed by atoms with E-state index in [2.05, 4.69) is 5.32 Å². The molecular formula is C19H16ClNOS. The zero-order valence-electron chi connectivity index (χ0n) is 12.9. The van der Waals surface area contributed by atoms with Crippen LogP contribution in [0.2, 0.25) is 5.02 Å². The largest absolute Gasteiger partial charge is 0.355 e. The van der Waals surface area contributed by atoms with Gasteiger partial charge in [0.15, 0.2) is 0 Å². The second-order valence-corrected chi connectivity index (χ2v) is 7.07. The second-order valence-electron chi connectivity index (χ2n) is 5.37. The smallest absolute Gasteiger partial charge is 0.204 e. The van der Waals surface area contributed by atoms with Crippen molar-refractivity contribution in [3.63, 3.8) is 0 Å². The number of benzene rings is 2. The molecule has 0 aliphatic rings. The number of hydrogen-bond donors (Lipinski definition) is 1. The van der Waals surface area contributed by atoms with Crippen molar-refractivity contribution in [1.82, 2.24) is 0 Å². The first-order valence-corrected chi connectivity index (χ1v) is 8.47. The van der Waals surface area contributed by atoms with Crippen molar-refractivity contribution in [2.45, 2.75) is 13.8 Å². The second kappa shape index (κ2) is 6.57. The van der Waals surface area contributed by atoms with Crippen LogP contribution in [0.1, 0.15) is 25.7 Å². The van der Waals surface area contributed by atoms with E-state index in [1.807, 2.05) is 56.3 Å². The van der Waals surface area contributed by atoms with Crippen molar-refractivity contribution in [2.75, 3.05) is 5.32 Å². The zero-order valence-corrected chi connectivity index (χ0v) is 14.5. The Kier molecular flexibility index (Phi) is 4.51. The maximum absolute atomic E-state index is 12.5. The molecule has 0 aliphatic heterocycles. The highest BCUT2D eigenvalue weighted by Crippen LogP contribution is 2.28. The Bertz CT molecular complexity index is 869. The summed E-state index contributed by atoms with van der Waals surface area (Å²) in [5.41, 5.74) is 3.57. The molecule has 0 unspecified atom stereocenters. The Morgan fingerprint density at radius 3 is 2.48 bits per heavy atom. The number of hydrogen-bond acceptors (Lipinski definition) is 3. The average Bonchev–Trinajstić information content (AvgIpc) is 2.96. The monoisotopic (exact) mass is 341 g/mol. The number of rotatable bonds is 4. The quantitative estimate of drug-likeness (QED) is 0.590.